The maximum atomic E-state index is 14.3. The zero-order valence-corrected chi connectivity index (χ0v) is 31.5. The second kappa shape index (κ2) is 14.6. The molecule has 6 rings (SSSR count). The van der Waals surface area contributed by atoms with Gasteiger partial charge in [0.05, 0.1) is 10.3 Å². The molecule has 2 aliphatic carbocycles. The normalized spacial score (nSPS) is 27.7. The Balaban J connectivity index is 1.29. The highest BCUT2D eigenvalue weighted by atomic mass is 35.5. The number of thiophene rings is 1. The van der Waals surface area contributed by atoms with E-state index in [9.17, 15) is 36.8 Å². The molecule has 3 fully saturated rings. The van der Waals surface area contributed by atoms with Crippen molar-refractivity contribution in [1.29, 1.82) is 0 Å². The molecule has 52 heavy (non-hydrogen) atoms. The monoisotopic (exact) mass is 779 g/mol. The Hall–Kier alpha value is -3.76. The Labute approximate surface area is 310 Å². The van der Waals surface area contributed by atoms with Gasteiger partial charge in [0.2, 0.25) is 21.8 Å². The van der Waals surface area contributed by atoms with E-state index in [4.69, 9.17) is 16.3 Å². The minimum absolute atomic E-state index is 0.0574. The third-order valence-corrected chi connectivity index (χ3v) is 13.2. The van der Waals surface area contributed by atoms with Crippen LogP contribution in [0.5, 0.6) is 0 Å². The molecule has 1 saturated heterocycles. The third kappa shape index (κ3) is 8.38. The minimum Gasteiger partial charge on any atom is -0.444 e. The van der Waals surface area contributed by atoms with Gasteiger partial charge in [0.25, 0.3) is 11.8 Å². The fourth-order valence-electron chi connectivity index (χ4n) is 6.79. The summed E-state index contributed by atoms with van der Waals surface area (Å²) in [7, 11) is -3.92. The van der Waals surface area contributed by atoms with Gasteiger partial charge in [-0.05, 0) is 83.9 Å². The predicted octanol–water partition coefficient (Wildman–Crippen LogP) is 4.29. The van der Waals surface area contributed by atoms with Gasteiger partial charge in [0.1, 0.15) is 33.9 Å². The van der Waals surface area contributed by atoms with Gasteiger partial charge in [-0.2, -0.15) is 0 Å². The summed E-state index contributed by atoms with van der Waals surface area (Å²) in [4.78, 5) is 70.0. The smallest absolute Gasteiger partial charge is 0.408 e. The number of carbonyl (C=O) groups is 5. The molecule has 5 amide bonds. The van der Waals surface area contributed by atoms with Crippen molar-refractivity contribution in [1.82, 2.24) is 25.6 Å². The van der Waals surface area contributed by atoms with Crippen molar-refractivity contribution in [3.8, 4) is 0 Å². The first-order chi connectivity index (χ1) is 24.5. The molecule has 0 radical (unpaired) electrons. The lowest BCUT2D eigenvalue weighted by Gasteiger charge is -2.30. The molecule has 0 unspecified atom stereocenters. The second-order valence-electron chi connectivity index (χ2n) is 15.0. The summed E-state index contributed by atoms with van der Waals surface area (Å²) in [5.74, 6) is -3.66. The molecule has 4 aliphatic rings. The number of benzene rings is 1. The Kier molecular flexibility index (Phi) is 10.6. The van der Waals surface area contributed by atoms with E-state index in [0.29, 0.717) is 35.8 Å². The summed E-state index contributed by atoms with van der Waals surface area (Å²) in [5, 5.41) is 8.32. The topological polar surface area (TPSA) is 180 Å². The van der Waals surface area contributed by atoms with Crippen molar-refractivity contribution in [3.05, 3.63) is 46.1 Å². The van der Waals surface area contributed by atoms with E-state index in [1.165, 1.54) is 23.1 Å². The number of fused-ring (bicyclic) bond motifs is 3. The number of amides is 5. The third-order valence-electron chi connectivity index (χ3n) is 9.71. The highest BCUT2D eigenvalue weighted by Crippen LogP contribution is 2.46. The molecule has 0 spiro atoms. The van der Waals surface area contributed by atoms with Crippen LogP contribution in [0.1, 0.15) is 88.2 Å². The van der Waals surface area contributed by atoms with Crippen molar-refractivity contribution in [2.75, 3.05) is 6.54 Å². The van der Waals surface area contributed by atoms with Crippen LogP contribution in [0.15, 0.2) is 30.4 Å². The zero-order chi connectivity index (χ0) is 37.6. The summed E-state index contributed by atoms with van der Waals surface area (Å²) < 4.78 is 47.5. The highest BCUT2D eigenvalue weighted by molar-refractivity contribution is 7.91. The maximum Gasteiger partial charge on any atom is 0.408 e. The molecule has 2 aliphatic heterocycles. The standard InChI is InChI=1S/C35H43ClFN5O8S2/c1-34(2,3)50-33(47)39-24-10-8-6-4-5-7-9-19-17-35(19,32(46)41-52(48,49)22-12-13-22)40-29(43)25-16-21(18-42(25)31(24)45)38-30(44)28-27(36)23-14-11-20(37)15-26(23)51-28/h7,9,11,14-15,19,21-22,24-25H,4-6,8,10,12-13,16-18H2,1-3H3,(H,38,44)(H,39,47)(H,40,43)(H,41,46)/b9-7-/t19-,21+,24-,25-,35+/m0/s1. The van der Waals surface area contributed by atoms with Crippen LogP contribution in [0.2, 0.25) is 5.02 Å². The van der Waals surface area contributed by atoms with Crippen LogP contribution in [0.3, 0.4) is 0 Å². The van der Waals surface area contributed by atoms with Crippen molar-refractivity contribution < 1.29 is 41.5 Å². The number of hydrogen-bond donors (Lipinski definition) is 4. The Morgan fingerprint density at radius 1 is 1.10 bits per heavy atom. The molecule has 3 heterocycles. The molecular formula is C35H43ClFN5O8S2. The molecule has 13 nitrogen and oxygen atoms in total. The Morgan fingerprint density at radius 3 is 2.56 bits per heavy atom. The van der Waals surface area contributed by atoms with E-state index >= 15 is 0 Å². The van der Waals surface area contributed by atoms with Gasteiger partial charge in [0, 0.05) is 28.6 Å². The van der Waals surface area contributed by atoms with Gasteiger partial charge in [-0.15, -0.1) is 11.3 Å². The van der Waals surface area contributed by atoms with E-state index in [2.05, 4.69) is 20.7 Å². The average molecular weight is 780 g/mol. The Morgan fingerprint density at radius 2 is 1.85 bits per heavy atom. The van der Waals surface area contributed by atoms with Crippen molar-refractivity contribution in [3.63, 3.8) is 0 Å². The lowest BCUT2D eigenvalue weighted by atomic mass is 10.0. The van der Waals surface area contributed by atoms with E-state index in [-0.39, 0.29) is 35.7 Å². The molecule has 0 bridgehead atoms. The van der Waals surface area contributed by atoms with Gasteiger partial charge in [-0.25, -0.2) is 17.6 Å². The van der Waals surface area contributed by atoms with Gasteiger partial charge in [-0.3, -0.25) is 23.9 Å². The number of ether oxygens (including phenoxy) is 1. The van der Waals surface area contributed by atoms with Gasteiger partial charge in [0.15, 0.2) is 0 Å². The number of rotatable bonds is 6. The number of carbonyl (C=O) groups excluding carboxylic acids is 5. The quantitative estimate of drug-likeness (QED) is 0.314. The predicted molar refractivity (Wildman–Crippen MR) is 193 cm³/mol. The van der Waals surface area contributed by atoms with Crippen LogP contribution in [-0.2, 0) is 29.1 Å². The highest BCUT2D eigenvalue weighted by Gasteiger charge is 2.62. The van der Waals surface area contributed by atoms with E-state index in [0.717, 1.165) is 24.2 Å². The molecule has 2 saturated carbocycles. The summed E-state index contributed by atoms with van der Waals surface area (Å²) in [5.41, 5.74) is -2.40. The largest absolute Gasteiger partial charge is 0.444 e. The van der Waals surface area contributed by atoms with Crippen molar-refractivity contribution >= 4 is 72.8 Å². The van der Waals surface area contributed by atoms with Crippen LogP contribution < -0.4 is 20.7 Å². The maximum absolute atomic E-state index is 14.3. The van der Waals surface area contributed by atoms with Gasteiger partial charge >= 0.3 is 6.09 Å². The first-order valence-corrected chi connectivity index (χ1v) is 20.2. The lowest BCUT2D eigenvalue weighted by molar-refractivity contribution is -0.141. The van der Waals surface area contributed by atoms with Crippen molar-refractivity contribution in [2.45, 2.75) is 113 Å². The van der Waals surface area contributed by atoms with Crippen molar-refractivity contribution in [2.24, 2.45) is 5.92 Å². The number of sulfonamides is 1. The summed E-state index contributed by atoms with van der Waals surface area (Å²) in [6.07, 6.45) is 6.88. The molecule has 4 N–H and O–H groups in total. The van der Waals surface area contributed by atoms with E-state index in [1.54, 1.807) is 20.8 Å². The summed E-state index contributed by atoms with van der Waals surface area (Å²) >= 11 is 7.52. The lowest BCUT2D eigenvalue weighted by Crippen LogP contribution is -2.58. The van der Waals surface area contributed by atoms with Crippen LogP contribution >= 0.6 is 22.9 Å². The van der Waals surface area contributed by atoms with Gasteiger partial charge in [-0.1, -0.05) is 36.6 Å². The fourth-order valence-corrected chi connectivity index (χ4v) is 9.60. The van der Waals surface area contributed by atoms with Crippen LogP contribution in [-0.4, -0.2) is 84.1 Å². The SMILES string of the molecule is CC(C)(C)OC(=O)N[C@H]1CCCCC/C=C\[C@H]2C[C@@]2(C(=O)NS(=O)(=O)C2CC2)NC(=O)[C@@H]2C[C@@H](NC(=O)c3sc4cc(F)ccc4c3Cl)CN2C1=O. The molecule has 2 aromatic rings. The van der Waals surface area contributed by atoms with Crippen LogP contribution in [0, 0.1) is 11.7 Å². The number of halogens is 2. The molecule has 17 heteroatoms. The molecular weight excluding hydrogens is 737 g/mol. The molecule has 5 atom stereocenters. The van der Waals surface area contributed by atoms with Gasteiger partial charge < -0.3 is 25.6 Å². The number of alkyl carbamates (subject to hydrolysis) is 1. The Bertz CT molecular complexity index is 1930. The fraction of sp³-hybridized carbons (Fsp3) is 0.571. The molecule has 282 valence electrons. The first-order valence-electron chi connectivity index (χ1n) is 17.5. The van der Waals surface area contributed by atoms with E-state index < -0.39 is 86.0 Å². The van der Waals surface area contributed by atoms with Crippen LogP contribution in [0.4, 0.5) is 9.18 Å². The molecule has 1 aromatic heterocycles. The second-order valence-corrected chi connectivity index (χ2v) is 18.4. The summed E-state index contributed by atoms with van der Waals surface area (Å²) in [6, 6.07) is 0.967. The molecule has 1 aromatic carbocycles. The number of nitrogens with zero attached hydrogens (tertiary/aromatic N) is 1. The zero-order valence-electron chi connectivity index (χ0n) is 29.1. The van der Waals surface area contributed by atoms with Crippen LogP contribution in [0.25, 0.3) is 10.1 Å². The average Bonchev–Trinajstić information content (AvgIpc) is 3.96. The summed E-state index contributed by atoms with van der Waals surface area (Å²) in [6.45, 7) is 4.96. The number of hydrogen-bond acceptors (Lipinski definition) is 9. The van der Waals surface area contributed by atoms with E-state index in [1.807, 2.05) is 12.2 Å². The first kappa shape index (κ1) is 38.0. The number of allylic oxidation sites excluding steroid dienone is 1. The minimum atomic E-state index is -3.92. The number of nitrogens with one attached hydrogen (secondary N) is 4.